The number of phenolic OH excluding ortho intramolecular Hbond substituents is 1. The zero-order valence-electron chi connectivity index (χ0n) is 10.5. The van der Waals surface area contributed by atoms with Gasteiger partial charge >= 0.3 is 0 Å². The number of carbonyl (C=O) groups excluding carboxylic acids is 1. The Bertz CT molecular complexity index is 700. The first-order valence-corrected chi connectivity index (χ1v) is 6.18. The topological polar surface area (TPSA) is 73.6 Å². The maximum Gasteiger partial charge on any atom is 0.198 e. The van der Waals surface area contributed by atoms with Gasteiger partial charge in [-0.3, -0.25) is 4.79 Å². The number of ether oxygens (including phenoxy) is 1. The van der Waals surface area contributed by atoms with Gasteiger partial charge in [-0.2, -0.15) is 5.26 Å². The molecule has 1 saturated heterocycles. The lowest BCUT2D eigenvalue weighted by Crippen LogP contribution is -2.08. The number of hydrogen-bond acceptors (Lipinski definition) is 4. The predicted molar refractivity (Wildman–Crippen MR) is 71.2 cm³/mol. The number of nitrogens with zero attached hydrogens (tertiary/aromatic N) is 1. The van der Waals surface area contributed by atoms with Gasteiger partial charge in [0.1, 0.15) is 11.9 Å². The number of benzene rings is 2. The molecule has 0 aliphatic carbocycles. The summed E-state index contributed by atoms with van der Waals surface area (Å²) in [6, 6.07) is 15.4. The van der Waals surface area contributed by atoms with Crippen molar-refractivity contribution < 1.29 is 14.6 Å². The monoisotopic (exact) mass is 265 g/mol. The SMILES string of the molecule is N#Cc1ccc([C@@H]2O[C@H]2C(=O)c2ccccc2O)cc1. The standard InChI is InChI=1S/C16H11NO3/c17-9-10-5-7-11(8-6-10)15-16(20-15)14(19)12-3-1-2-4-13(12)18/h1-8,15-16,18H/t15-,16-/m0/s1. The molecule has 1 aliphatic rings. The van der Waals surface area contributed by atoms with Crippen LogP contribution in [0.1, 0.15) is 27.6 Å². The van der Waals surface area contributed by atoms with E-state index in [-0.39, 0.29) is 23.2 Å². The van der Waals surface area contributed by atoms with Crippen LogP contribution in [-0.4, -0.2) is 17.0 Å². The smallest absolute Gasteiger partial charge is 0.198 e. The van der Waals surface area contributed by atoms with E-state index in [1.807, 2.05) is 6.07 Å². The summed E-state index contributed by atoms with van der Waals surface area (Å²) in [5.74, 6) is -0.260. The second kappa shape index (κ2) is 4.80. The van der Waals surface area contributed by atoms with Crippen molar-refractivity contribution in [3.63, 3.8) is 0 Å². The van der Waals surface area contributed by atoms with Crippen molar-refractivity contribution in [2.45, 2.75) is 12.2 Å². The van der Waals surface area contributed by atoms with Crippen molar-refractivity contribution in [2.24, 2.45) is 0 Å². The van der Waals surface area contributed by atoms with Crippen molar-refractivity contribution in [3.05, 3.63) is 65.2 Å². The molecule has 4 nitrogen and oxygen atoms in total. The first-order valence-electron chi connectivity index (χ1n) is 6.18. The number of para-hydroxylation sites is 1. The van der Waals surface area contributed by atoms with E-state index < -0.39 is 6.10 Å². The van der Waals surface area contributed by atoms with Gasteiger partial charge in [0, 0.05) is 0 Å². The predicted octanol–water partition coefficient (Wildman–Crippen LogP) is 2.59. The molecule has 20 heavy (non-hydrogen) atoms. The Kier molecular flexibility index (Phi) is 2.97. The van der Waals surface area contributed by atoms with E-state index in [0.717, 1.165) is 5.56 Å². The van der Waals surface area contributed by atoms with Crippen molar-refractivity contribution in [2.75, 3.05) is 0 Å². The second-order valence-corrected chi connectivity index (χ2v) is 4.59. The molecular weight excluding hydrogens is 254 g/mol. The minimum atomic E-state index is -0.559. The Morgan fingerprint density at radius 2 is 1.85 bits per heavy atom. The average molecular weight is 265 g/mol. The van der Waals surface area contributed by atoms with Gasteiger partial charge in [0.2, 0.25) is 0 Å². The third kappa shape index (κ3) is 2.15. The molecule has 1 N–H and O–H groups in total. The molecule has 0 saturated carbocycles. The number of epoxide rings is 1. The highest BCUT2D eigenvalue weighted by Crippen LogP contribution is 2.41. The van der Waals surface area contributed by atoms with E-state index >= 15 is 0 Å². The highest BCUT2D eigenvalue weighted by molar-refractivity contribution is 6.03. The molecule has 1 fully saturated rings. The fourth-order valence-electron chi connectivity index (χ4n) is 2.15. The van der Waals surface area contributed by atoms with Crippen molar-refractivity contribution in [1.82, 2.24) is 0 Å². The van der Waals surface area contributed by atoms with Crippen LogP contribution in [0.3, 0.4) is 0 Å². The molecule has 4 heteroatoms. The summed E-state index contributed by atoms with van der Waals surface area (Å²) >= 11 is 0. The Balaban J connectivity index is 1.77. The van der Waals surface area contributed by atoms with E-state index in [0.29, 0.717) is 5.56 Å². The summed E-state index contributed by atoms with van der Waals surface area (Å²) < 4.78 is 5.40. The van der Waals surface area contributed by atoms with Crippen LogP contribution in [0.5, 0.6) is 5.75 Å². The van der Waals surface area contributed by atoms with Crippen LogP contribution in [0.25, 0.3) is 0 Å². The first-order chi connectivity index (χ1) is 9.70. The number of nitriles is 1. The highest BCUT2D eigenvalue weighted by atomic mass is 16.6. The number of phenols is 1. The first kappa shape index (κ1) is 12.4. The molecule has 0 aromatic heterocycles. The number of aromatic hydroxyl groups is 1. The Morgan fingerprint density at radius 3 is 2.50 bits per heavy atom. The van der Waals surface area contributed by atoms with Crippen LogP contribution in [0.4, 0.5) is 0 Å². The van der Waals surface area contributed by atoms with E-state index in [1.165, 1.54) is 6.07 Å². The maximum atomic E-state index is 12.2. The van der Waals surface area contributed by atoms with Gasteiger partial charge in [0.15, 0.2) is 11.9 Å². The van der Waals surface area contributed by atoms with E-state index in [2.05, 4.69) is 0 Å². The Morgan fingerprint density at radius 1 is 1.15 bits per heavy atom. The van der Waals surface area contributed by atoms with Crippen LogP contribution in [-0.2, 0) is 4.74 Å². The molecule has 0 bridgehead atoms. The van der Waals surface area contributed by atoms with Gasteiger partial charge in [-0.25, -0.2) is 0 Å². The third-order valence-corrected chi connectivity index (χ3v) is 3.29. The van der Waals surface area contributed by atoms with Crippen LogP contribution in [0, 0.1) is 11.3 Å². The second-order valence-electron chi connectivity index (χ2n) is 4.59. The van der Waals surface area contributed by atoms with Gasteiger partial charge in [-0.05, 0) is 29.8 Å². The lowest BCUT2D eigenvalue weighted by Gasteiger charge is -2.00. The number of hydrogen-bond donors (Lipinski definition) is 1. The molecule has 2 aromatic rings. The number of ketones is 1. The average Bonchev–Trinajstić information content (AvgIpc) is 3.28. The number of carbonyl (C=O) groups is 1. The van der Waals surface area contributed by atoms with Crippen molar-refractivity contribution in [3.8, 4) is 11.8 Å². The van der Waals surface area contributed by atoms with E-state index in [4.69, 9.17) is 10.00 Å². The molecule has 3 rings (SSSR count). The zero-order valence-corrected chi connectivity index (χ0v) is 10.5. The van der Waals surface area contributed by atoms with Crippen LogP contribution in [0.2, 0.25) is 0 Å². The minimum absolute atomic E-state index is 0.0356. The van der Waals surface area contributed by atoms with Gasteiger partial charge in [0.05, 0.1) is 17.2 Å². The van der Waals surface area contributed by atoms with Gasteiger partial charge in [-0.1, -0.05) is 24.3 Å². The molecule has 0 unspecified atom stereocenters. The fraction of sp³-hybridized carbons (Fsp3) is 0.125. The molecule has 0 radical (unpaired) electrons. The lowest BCUT2D eigenvalue weighted by atomic mass is 10.0. The third-order valence-electron chi connectivity index (χ3n) is 3.29. The molecule has 0 spiro atoms. The van der Waals surface area contributed by atoms with E-state index in [1.54, 1.807) is 42.5 Å². The Labute approximate surface area is 115 Å². The quantitative estimate of drug-likeness (QED) is 0.683. The highest BCUT2D eigenvalue weighted by Gasteiger charge is 2.46. The van der Waals surface area contributed by atoms with Crippen LogP contribution < -0.4 is 0 Å². The largest absolute Gasteiger partial charge is 0.507 e. The minimum Gasteiger partial charge on any atom is -0.507 e. The summed E-state index contributed by atoms with van der Waals surface area (Å²) in [6.07, 6.45) is -0.855. The molecule has 2 aromatic carbocycles. The Hall–Kier alpha value is -2.64. The maximum absolute atomic E-state index is 12.2. The molecule has 2 atom stereocenters. The fourth-order valence-corrected chi connectivity index (χ4v) is 2.15. The number of Topliss-reactive ketones (excluding diaryl/α,β-unsaturated/α-hetero) is 1. The molecule has 1 heterocycles. The van der Waals surface area contributed by atoms with Crippen LogP contribution >= 0.6 is 0 Å². The summed E-state index contributed by atoms with van der Waals surface area (Å²) in [5, 5.41) is 18.4. The summed E-state index contributed by atoms with van der Waals surface area (Å²) in [6.45, 7) is 0. The summed E-state index contributed by atoms with van der Waals surface area (Å²) in [7, 11) is 0. The zero-order chi connectivity index (χ0) is 14.1. The normalized spacial score (nSPS) is 20.1. The van der Waals surface area contributed by atoms with Gasteiger partial charge < -0.3 is 9.84 Å². The summed E-state index contributed by atoms with van der Waals surface area (Å²) in [5.41, 5.74) is 1.70. The van der Waals surface area contributed by atoms with Crippen molar-refractivity contribution >= 4 is 5.78 Å². The van der Waals surface area contributed by atoms with Crippen molar-refractivity contribution in [1.29, 1.82) is 5.26 Å². The number of rotatable bonds is 3. The van der Waals surface area contributed by atoms with Crippen LogP contribution in [0.15, 0.2) is 48.5 Å². The molecule has 98 valence electrons. The van der Waals surface area contributed by atoms with E-state index in [9.17, 15) is 9.90 Å². The van der Waals surface area contributed by atoms with Gasteiger partial charge in [0.25, 0.3) is 0 Å². The lowest BCUT2D eigenvalue weighted by molar-refractivity contribution is 0.0951. The molecule has 1 aliphatic heterocycles. The molecular formula is C16H11NO3. The summed E-state index contributed by atoms with van der Waals surface area (Å²) in [4.78, 5) is 12.2. The van der Waals surface area contributed by atoms with Gasteiger partial charge in [-0.15, -0.1) is 0 Å². The molecule has 0 amide bonds.